The van der Waals surface area contributed by atoms with Gasteiger partial charge in [0.2, 0.25) is 0 Å². The molecule has 1 N–H and O–H groups in total. The first-order chi connectivity index (χ1) is 6.42. The van der Waals surface area contributed by atoms with Gasteiger partial charge in [0.15, 0.2) is 0 Å². The molecule has 1 aromatic rings. The average Bonchev–Trinajstić information content (AvgIpc) is 2.67. The summed E-state index contributed by atoms with van der Waals surface area (Å²) in [5.41, 5.74) is 1.33. The molecule has 0 bridgehead atoms. The van der Waals surface area contributed by atoms with E-state index in [-0.39, 0.29) is 6.73 Å². The van der Waals surface area contributed by atoms with Crippen LogP contribution in [0.3, 0.4) is 0 Å². The predicted molar refractivity (Wildman–Crippen MR) is 52.2 cm³/mol. The minimum Gasteiger partial charge on any atom is -0.381 e. The third-order valence-electron chi connectivity index (χ3n) is 2.73. The van der Waals surface area contributed by atoms with Gasteiger partial charge in [0.25, 0.3) is 0 Å². The quantitative estimate of drug-likeness (QED) is 0.744. The fraction of sp³-hybridized carbons (Fsp3) is 0.455. The van der Waals surface area contributed by atoms with E-state index in [0.29, 0.717) is 6.04 Å². The van der Waals surface area contributed by atoms with E-state index in [2.05, 4.69) is 29.2 Å². The van der Waals surface area contributed by atoms with E-state index < -0.39 is 0 Å². The molecule has 1 aromatic carbocycles. The second kappa shape index (κ2) is 3.90. The molecule has 2 nitrogen and oxygen atoms in total. The van der Waals surface area contributed by atoms with Crippen LogP contribution in [0.1, 0.15) is 24.4 Å². The maximum Gasteiger partial charge on any atom is 0.0961 e. The van der Waals surface area contributed by atoms with Crippen LogP contribution in [0.4, 0.5) is 0 Å². The Hall–Kier alpha value is -0.860. The van der Waals surface area contributed by atoms with Crippen molar-refractivity contribution in [3.8, 4) is 0 Å². The third kappa shape index (κ3) is 1.74. The SMILES string of the molecule is OCN1CCC[C@@H]1c1ccccc1. The van der Waals surface area contributed by atoms with Gasteiger partial charge in [0, 0.05) is 12.6 Å². The van der Waals surface area contributed by atoms with Gasteiger partial charge >= 0.3 is 0 Å². The number of hydrogen-bond acceptors (Lipinski definition) is 2. The molecular weight excluding hydrogens is 162 g/mol. The summed E-state index contributed by atoms with van der Waals surface area (Å²) in [5.74, 6) is 0. The molecule has 2 heteroatoms. The summed E-state index contributed by atoms with van der Waals surface area (Å²) in [6.07, 6.45) is 2.37. The molecule has 1 fully saturated rings. The van der Waals surface area contributed by atoms with Crippen molar-refractivity contribution in [1.82, 2.24) is 4.90 Å². The molecule has 0 saturated carbocycles. The lowest BCUT2D eigenvalue weighted by Gasteiger charge is -2.21. The molecule has 0 unspecified atom stereocenters. The zero-order chi connectivity index (χ0) is 9.10. The monoisotopic (exact) mass is 177 g/mol. The molecule has 1 aliphatic rings. The maximum absolute atomic E-state index is 9.12. The summed E-state index contributed by atoms with van der Waals surface area (Å²) >= 11 is 0. The normalized spacial score (nSPS) is 23.6. The summed E-state index contributed by atoms with van der Waals surface area (Å²) in [4.78, 5) is 2.12. The van der Waals surface area contributed by atoms with Crippen LogP contribution in [0, 0.1) is 0 Å². The summed E-state index contributed by atoms with van der Waals surface area (Å²) < 4.78 is 0. The molecular formula is C11H15NO. The van der Waals surface area contributed by atoms with Gasteiger partial charge in [-0.25, -0.2) is 0 Å². The van der Waals surface area contributed by atoms with Crippen molar-refractivity contribution >= 4 is 0 Å². The van der Waals surface area contributed by atoms with Crippen molar-refractivity contribution in [3.63, 3.8) is 0 Å². The lowest BCUT2D eigenvalue weighted by Crippen LogP contribution is -2.23. The largest absolute Gasteiger partial charge is 0.381 e. The Bertz CT molecular complexity index is 260. The van der Waals surface area contributed by atoms with Gasteiger partial charge in [-0.15, -0.1) is 0 Å². The highest BCUT2D eigenvalue weighted by Gasteiger charge is 2.24. The minimum absolute atomic E-state index is 0.180. The van der Waals surface area contributed by atoms with Crippen molar-refractivity contribution in [1.29, 1.82) is 0 Å². The highest BCUT2D eigenvalue weighted by atomic mass is 16.3. The van der Waals surface area contributed by atoms with Crippen LogP contribution in [0.2, 0.25) is 0 Å². The molecule has 13 heavy (non-hydrogen) atoms. The predicted octanol–water partition coefficient (Wildman–Crippen LogP) is 1.77. The Morgan fingerprint density at radius 1 is 1.31 bits per heavy atom. The summed E-state index contributed by atoms with van der Waals surface area (Å²) in [6, 6.07) is 10.9. The van der Waals surface area contributed by atoms with Gasteiger partial charge in [-0.3, -0.25) is 4.90 Å². The van der Waals surface area contributed by atoms with E-state index in [1.165, 1.54) is 18.4 Å². The van der Waals surface area contributed by atoms with E-state index in [0.717, 1.165) is 6.54 Å². The molecule has 0 amide bonds. The standard InChI is InChI=1S/C11H15NO/c13-9-12-8-4-7-11(12)10-5-2-1-3-6-10/h1-3,5-6,11,13H,4,7-9H2/t11-/m1/s1. The van der Waals surface area contributed by atoms with Crippen molar-refractivity contribution in [3.05, 3.63) is 35.9 Å². The highest BCUT2D eigenvalue weighted by molar-refractivity contribution is 5.19. The number of likely N-dealkylation sites (tertiary alicyclic amines) is 1. The minimum atomic E-state index is 0.180. The Labute approximate surface area is 78.8 Å². The fourth-order valence-corrected chi connectivity index (χ4v) is 2.05. The summed E-state index contributed by atoms with van der Waals surface area (Å²) in [5, 5.41) is 9.12. The number of aliphatic hydroxyl groups excluding tert-OH is 1. The Kier molecular flexibility index (Phi) is 2.62. The molecule has 1 aliphatic heterocycles. The number of benzene rings is 1. The number of aliphatic hydroxyl groups is 1. The Morgan fingerprint density at radius 3 is 2.77 bits per heavy atom. The van der Waals surface area contributed by atoms with E-state index in [1.54, 1.807) is 0 Å². The van der Waals surface area contributed by atoms with Crippen LogP contribution in [0.5, 0.6) is 0 Å². The van der Waals surface area contributed by atoms with Gasteiger partial charge in [-0.05, 0) is 18.4 Å². The highest BCUT2D eigenvalue weighted by Crippen LogP contribution is 2.30. The van der Waals surface area contributed by atoms with Crippen LogP contribution >= 0.6 is 0 Å². The molecule has 0 spiro atoms. The molecule has 1 atom stereocenters. The lowest BCUT2D eigenvalue weighted by atomic mass is 10.1. The van der Waals surface area contributed by atoms with Gasteiger partial charge in [-0.1, -0.05) is 30.3 Å². The lowest BCUT2D eigenvalue weighted by molar-refractivity contribution is 0.0963. The van der Waals surface area contributed by atoms with Crippen LogP contribution in [0.25, 0.3) is 0 Å². The van der Waals surface area contributed by atoms with Crippen LogP contribution in [0.15, 0.2) is 30.3 Å². The average molecular weight is 177 g/mol. The molecule has 0 radical (unpaired) electrons. The van der Waals surface area contributed by atoms with Crippen molar-refractivity contribution in [2.75, 3.05) is 13.3 Å². The van der Waals surface area contributed by atoms with E-state index in [4.69, 9.17) is 5.11 Å². The van der Waals surface area contributed by atoms with Gasteiger partial charge in [-0.2, -0.15) is 0 Å². The van der Waals surface area contributed by atoms with E-state index >= 15 is 0 Å². The van der Waals surface area contributed by atoms with Crippen LogP contribution in [-0.4, -0.2) is 23.3 Å². The first-order valence-corrected chi connectivity index (χ1v) is 4.81. The summed E-state index contributed by atoms with van der Waals surface area (Å²) in [7, 11) is 0. The van der Waals surface area contributed by atoms with Crippen LogP contribution in [-0.2, 0) is 0 Å². The van der Waals surface area contributed by atoms with Gasteiger partial charge in [0.05, 0.1) is 6.73 Å². The van der Waals surface area contributed by atoms with Crippen molar-refractivity contribution in [2.45, 2.75) is 18.9 Å². The zero-order valence-electron chi connectivity index (χ0n) is 7.69. The summed E-state index contributed by atoms with van der Waals surface area (Å²) in [6.45, 7) is 1.20. The van der Waals surface area contributed by atoms with Crippen molar-refractivity contribution in [2.24, 2.45) is 0 Å². The second-order valence-electron chi connectivity index (χ2n) is 3.52. The molecule has 70 valence electrons. The molecule has 1 saturated heterocycles. The number of nitrogens with zero attached hydrogens (tertiary/aromatic N) is 1. The molecule has 0 aromatic heterocycles. The molecule has 2 rings (SSSR count). The topological polar surface area (TPSA) is 23.5 Å². The van der Waals surface area contributed by atoms with Crippen molar-refractivity contribution < 1.29 is 5.11 Å². The van der Waals surface area contributed by atoms with E-state index in [9.17, 15) is 0 Å². The number of hydrogen-bond donors (Lipinski definition) is 1. The molecule has 0 aliphatic carbocycles. The maximum atomic E-state index is 9.12. The Morgan fingerprint density at radius 2 is 2.08 bits per heavy atom. The zero-order valence-corrected chi connectivity index (χ0v) is 7.69. The third-order valence-corrected chi connectivity index (χ3v) is 2.73. The van der Waals surface area contributed by atoms with Gasteiger partial charge in [0.1, 0.15) is 0 Å². The fourth-order valence-electron chi connectivity index (χ4n) is 2.05. The molecule has 1 heterocycles. The van der Waals surface area contributed by atoms with Gasteiger partial charge < -0.3 is 5.11 Å². The van der Waals surface area contributed by atoms with E-state index in [1.807, 2.05) is 6.07 Å². The smallest absolute Gasteiger partial charge is 0.0961 e. The Balaban J connectivity index is 2.16. The first kappa shape index (κ1) is 8.73. The second-order valence-corrected chi connectivity index (χ2v) is 3.52. The first-order valence-electron chi connectivity index (χ1n) is 4.81. The number of rotatable bonds is 2. The van der Waals surface area contributed by atoms with Crippen LogP contribution < -0.4 is 0 Å².